The van der Waals surface area contributed by atoms with Gasteiger partial charge in [-0.3, -0.25) is 4.79 Å². The third-order valence-electron chi connectivity index (χ3n) is 3.01. The number of nitrogens with zero attached hydrogens (tertiary/aromatic N) is 3. The molecule has 0 saturated carbocycles. The van der Waals surface area contributed by atoms with Crippen LogP contribution >= 0.6 is 11.3 Å². The fraction of sp³-hybridized carbons (Fsp3) is 0.600. The molecule has 2 N–H and O–H groups in total. The maximum Gasteiger partial charge on any atom is 0.282 e. The molecule has 0 aromatic carbocycles. The van der Waals surface area contributed by atoms with Gasteiger partial charge in [-0.05, 0) is 12.8 Å². The van der Waals surface area contributed by atoms with Crippen molar-refractivity contribution in [2.24, 2.45) is 5.73 Å². The minimum absolute atomic E-state index is 0.300. The minimum Gasteiger partial charge on any atom is -0.365 e. The molecule has 1 aromatic heterocycles. The maximum absolute atomic E-state index is 12.2. The van der Waals surface area contributed by atoms with E-state index in [2.05, 4.69) is 4.98 Å². The average Bonchev–Trinajstić information content (AvgIpc) is 2.97. The number of aromatic nitrogens is 1. The van der Waals surface area contributed by atoms with E-state index in [-0.39, 0.29) is 6.04 Å². The first-order valence-electron chi connectivity index (χ1n) is 5.79. The van der Waals surface area contributed by atoms with Crippen LogP contribution in [0.2, 0.25) is 0 Å². The molecule has 1 saturated heterocycles. The normalized spacial score (nSPS) is 21.1. The molecule has 0 spiro atoms. The predicted octanol–water partition coefficient (Wildman–Crippen LogP) is 0.185. The van der Waals surface area contributed by atoms with Crippen molar-refractivity contribution in [3.63, 3.8) is 0 Å². The van der Waals surface area contributed by atoms with E-state index in [0.29, 0.717) is 22.9 Å². The van der Waals surface area contributed by atoms with E-state index in [0.717, 1.165) is 17.8 Å². The first kappa shape index (κ1) is 14.4. The Morgan fingerprint density at radius 2 is 2.26 bits per heavy atom. The zero-order valence-corrected chi connectivity index (χ0v) is 12.4. The van der Waals surface area contributed by atoms with E-state index in [1.807, 2.05) is 0 Å². The summed E-state index contributed by atoms with van der Waals surface area (Å²) in [5.74, 6) is -0.538. The second-order valence-corrected chi connectivity index (χ2v) is 7.64. The van der Waals surface area contributed by atoms with E-state index in [1.54, 1.807) is 0 Å². The summed E-state index contributed by atoms with van der Waals surface area (Å²) in [5, 5.41) is 0.622. The number of amides is 1. The molecule has 106 valence electrons. The van der Waals surface area contributed by atoms with Crippen molar-refractivity contribution in [3.05, 3.63) is 16.1 Å². The number of hydrogen-bond donors (Lipinski definition) is 1. The van der Waals surface area contributed by atoms with Gasteiger partial charge in [0, 0.05) is 20.6 Å². The summed E-state index contributed by atoms with van der Waals surface area (Å²) < 4.78 is 27.0. The molecular formula is C10H16N4O3S2. The Morgan fingerprint density at radius 1 is 1.58 bits per heavy atom. The third kappa shape index (κ3) is 2.64. The van der Waals surface area contributed by atoms with Crippen LogP contribution in [0.4, 0.5) is 0 Å². The average molecular weight is 304 g/mol. The Labute approximate surface area is 116 Å². The van der Waals surface area contributed by atoms with Crippen molar-refractivity contribution in [2.45, 2.75) is 18.9 Å². The van der Waals surface area contributed by atoms with Gasteiger partial charge in [0.25, 0.3) is 16.1 Å². The van der Waals surface area contributed by atoms with Crippen molar-refractivity contribution < 1.29 is 13.2 Å². The van der Waals surface area contributed by atoms with Crippen molar-refractivity contribution in [2.75, 3.05) is 20.6 Å². The second kappa shape index (κ2) is 5.16. The molecule has 0 bridgehead atoms. The number of nitrogens with two attached hydrogens (primary N) is 1. The lowest BCUT2D eigenvalue weighted by Crippen LogP contribution is -2.39. The molecule has 9 heteroatoms. The second-order valence-electron chi connectivity index (χ2n) is 4.49. The highest BCUT2D eigenvalue weighted by Gasteiger charge is 2.38. The Kier molecular flexibility index (Phi) is 3.90. The van der Waals surface area contributed by atoms with Gasteiger partial charge in [0.15, 0.2) is 0 Å². The van der Waals surface area contributed by atoms with Crippen LogP contribution in [0.1, 0.15) is 33.6 Å². The Balaban J connectivity index is 2.30. The van der Waals surface area contributed by atoms with Crippen molar-refractivity contribution in [3.8, 4) is 0 Å². The highest BCUT2D eigenvalue weighted by atomic mass is 32.2. The van der Waals surface area contributed by atoms with Gasteiger partial charge in [0.2, 0.25) is 0 Å². The van der Waals surface area contributed by atoms with Crippen LogP contribution in [0, 0.1) is 0 Å². The molecule has 1 aromatic rings. The van der Waals surface area contributed by atoms with E-state index in [1.165, 1.54) is 28.9 Å². The van der Waals surface area contributed by atoms with Crippen molar-refractivity contribution in [1.29, 1.82) is 0 Å². The van der Waals surface area contributed by atoms with Gasteiger partial charge in [-0.25, -0.2) is 4.98 Å². The third-order valence-corrected chi connectivity index (χ3v) is 6.08. The summed E-state index contributed by atoms with van der Waals surface area (Å²) >= 11 is 1.16. The van der Waals surface area contributed by atoms with Crippen LogP contribution in [0.25, 0.3) is 0 Å². The molecule has 1 fully saturated rings. The van der Waals surface area contributed by atoms with Crippen molar-refractivity contribution in [1.82, 2.24) is 13.6 Å². The molecule has 19 heavy (non-hydrogen) atoms. The highest BCUT2D eigenvalue weighted by molar-refractivity contribution is 7.86. The maximum atomic E-state index is 12.2. The number of carbonyl (C=O) groups is 1. The number of hydrogen-bond acceptors (Lipinski definition) is 5. The molecule has 2 rings (SSSR count). The first-order valence-corrected chi connectivity index (χ1v) is 8.00. The first-order chi connectivity index (χ1) is 8.84. The summed E-state index contributed by atoms with van der Waals surface area (Å²) in [5.41, 5.74) is 5.19. The topological polar surface area (TPSA) is 96.6 Å². The number of primary amides is 1. The molecule has 1 amide bonds. The molecule has 1 aliphatic heterocycles. The molecule has 7 nitrogen and oxygen atoms in total. The van der Waals surface area contributed by atoms with Crippen LogP contribution in [0.3, 0.4) is 0 Å². The zero-order chi connectivity index (χ0) is 14.2. The van der Waals surface area contributed by atoms with E-state index < -0.39 is 16.1 Å². The standard InChI is InChI=1S/C10H16N4O3S2/c1-13(2)19(16,17)14-5-3-4-7(14)10-12-6-8(18-10)9(11)15/h6-7H,3-5H2,1-2H3,(H2,11,15). The van der Waals surface area contributed by atoms with Gasteiger partial charge in [-0.2, -0.15) is 17.0 Å². The zero-order valence-electron chi connectivity index (χ0n) is 10.7. The quantitative estimate of drug-likeness (QED) is 0.858. The summed E-state index contributed by atoms with van der Waals surface area (Å²) in [7, 11) is -0.465. The summed E-state index contributed by atoms with van der Waals surface area (Å²) in [4.78, 5) is 15.6. The molecule has 0 aliphatic carbocycles. The molecule has 1 atom stereocenters. The van der Waals surface area contributed by atoms with Crippen LogP contribution in [-0.2, 0) is 10.2 Å². The number of thiazole rings is 1. The Bertz CT molecular complexity index is 581. The van der Waals surface area contributed by atoms with Gasteiger partial charge in [0.05, 0.1) is 12.2 Å². The predicted molar refractivity (Wildman–Crippen MR) is 71.9 cm³/mol. The van der Waals surface area contributed by atoms with Crippen molar-refractivity contribution >= 4 is 27.5 Å². The van der Waals surface area contributed by atoms with E-state index in [9.17, 15) is 13.2 Å². The molecule has 0 radical (unpaired) electrons. The van der Waals surface area contributed by atoms with Crippen LogP contribution in [0.5, 0.6) is 0 Å². The van der Waals surface area contributed by atoms with Gasteiger partial charge in [-0.15, -0.1) is 11.3 Å². The summed E-state index contributed by atoms with van der Waals surface area (Å²) in [6.45, 7) is 0.469. The molecular weight excluding hydrogens is 288 g/mol. The summed E-state index contributed by atoms with van der Waals surface area (Å²) in [6, 6.07) is -0.300. The lowest BCUT2D eigenvalue weighted by molar-refractivity contribution is 0.100. The van der Waals surface area contributed by atoms with Gasteiger partial charge < -0.3 is 5.73 Å². The smallest absolute Gasteiger partial charge is 0.282 e. The lowest BCUT2D eigenvalue weighted by Gasteiger charge is -2.25. The highest BCUT2D eigenvalue weighted by Crippen LogP contribution is 2.36. The largest absolute Gasteiger partial charge is 0.365 e. The molecule has 2 heterocycles. The number of carbonyl (C=O) groups excluding carboxylic acids is 1. The Hall–Kier alpha value is -1.03. The number of rotatable bonds is 4. The monoisotopic (exact) mass is 304 g/mol. The SMILES string of the molecule is CN(C)S(=O)(=O)N1CCCC1c1ncc(C(N)=O)s1. The fourth-order valence-electron chi connectivity index (χ4n) is 2.03. The lowest BCUT2D eigenvalue weighted by atomic mass is 10.2. The van der Waals surface area contributed by atoms with Gasteiger partial charge in [0.1, 0.15) is 9.88 Å². The van der Waals surface area contributed by atoms with E-state index in [4.69, 9.17) is 5.73 Å². The van der Waals surface area contributed by atoms with Gasteiger partial charge in [-0.1, -0.05) is 0 Å². The fourth-order valence-corrected chi connectivity index (χ4v) is 4.32. The van der Waals surface area contributed by atoms with E-state index >= 15 is 0 Å². The summed E-state index contributed by atoms with van der Waals surface area (Å²) in [6.07, 6.45) is 2.89. The van der Waals surface area contributed by atoms with Gasteiger partial charge >= 0.3 is 0 Å². The van der Waals surface area contributed by atoms with Crippen LogP contribution in [-0.4, -0.2) is 48.6 Å². The molecule has 1 aliphatic rings. The van der Waals surface area contributed by atoms with Crippen LogP contribution < -0.4 is 5.73 Å². The minimum atomic E-state index is -3.47. The van der Waals surface area contributed by atoms with Crippen LogP contribution in [0.15, 0.2) is 6.20 Å². The Morgan fingerprint density at radius 3 is 2.79 bits per heavy atom. The molecule has 1 unspecified atom stereocenters.